The molecule has 2 aromatic heterocycles. The van der Waals surface area contributed by atoms with Crippen LogP contribution in [0.15, 0.2) is 40.9 Å². The van der Waals surface area contributed by atoms with E-state index in [9.17, 15) is 35.6 Å². The van der Waals surface area contributed by atoms with Crippen LogP contribution in [0.1, 0.15) is 30.1 Å². The molecule has 0 saturated carbocycles. The van der Waals surface area contributed by atoms with Crippen molar-refractivity contribution in [3.05, 3.63) is 58.7 Å². The van der Waals surface area contributed by atoms with Crippen LogP contribution in [-0.4, -0.2) is 36.2 Å². The SMILES string of the molecule is Cc1nccn1Cc1ccc(-c2cc(CC(C)C)sc2S(=O)(=O)NC(=O)OC(=O)C(F)(F)F)cc1F. The summed E-state index contributed by atoms with van der Waals surface area (Å²) in [5.41, 5.74) is 0.529. The minimum absolute atomic E-state index is 0.0439. The summed E-state index contributed by atoms with van der Waals surface area (Å²) in [5, 5.41) is 0. The van der Waals surface area contributed by atoms with E-state index >= 15 is 0 Å². The Kier molecular flexibility index (Phi) is 7.88. The first-order chi connectivity index (χ1) is 16.7. The Hall–Kier alpha value is -3.26. The number of hydrogen-bond acceptors (Lipinski definition) is 7. The topological polar surface area (TPSA) is 107 Å². The second kappa shape index (κ2) is 10.4. The van der Waals surface area contributed by atoms with E-state index < -0.39 is 38.3 Å². The summed E-state index contributed by atoms with van der Waals surface area (Å²) in [6.45, 7) is 5.72. The van der Waals surface area contributed by atoms with Crippen molar-refractivity contribution in [2.24, 2.45) is 5.92 Å². The number of esters is 1. The Morgan fingerprint density at radius 1 is 1.22 bits per heavy atom. The number of nitrogens with one attached hydrogen (secondary N) is 1. The number of sulfonamides is 1. The average molecular weight is 548 g/mol. The Labute approximate surface area is 208 Å². The summed E-state index contributed by atoms with van der Waals surface area (Å²) in [6, 6.07) is 5.62. The third-order valence-corrected chi connectivity index (χ3v) is 7.87. The zero-order valence-electron chi connectivity index (χ0n) is 19.2. The quantitative estimate of drug-likeness (QED) is 0.259. The average Bonchev–Trinajstić information content (AvgIpc) is 3.34. The second-order valence-corrected chi connectivity index (χ2v) is 11.2. The van der Waals surface area contributed by atoms with Gasteiger partial charge >= 0.3 is 18.2 Å². The van der Waals surface area contributed by atoms with Gasteiger partial charge in [0.05, 0.1) is 6.54 Å². The molecule has 0 aliphatic heterocycles. The molecule has 0 saturated heterocycles. The van der Waals surface area contributed by atoms with E-state index in [1.54, 1.807) is 23.9 Å². The van der Waals surface area contributed by atoms with Crippen LogP contribution < -0.4 is 4.72 Å². The van der Waals surface area contributed by atoms with Crippen molar-refractivity contribution in [1.29, 1.82) is 0 Å². The number of hydrogen-bond donors (Lipinski definition) is 1. The minimum atomic E-state index is -5.49. The highest BCUT2D eigenvalue weighted by Crippen LogP contribution is 2.37. The van der Waals surface area contributed by atoms with Crippen molar-refractivity contribution in [1.82, 2.24) is 14.3 Å². The van der Waals surface area contributed by atoms with Gasteiger partial charge in [0.2, 0.25) is 0 Å². The van der Waals surface area contributed by atoms with Crippen molar-refractivity contribution < 1.29 is 40.3 Å². The highest BCUT2D eigenvalue weighted by atomic mass is 32.2. The predicted molar refractivity (Wildman–Crippen MR) is 122 cm³/mol. The molecule has 194 valence electrons. The van der Waals surface area contributed by atoms with E-state index in [0.717, 1.165) is 17.4 Å². The number of alkyl halides is 3. The molecule has 0 bridgehead atoms. The lowest BCUT2D eigenvalue weighted by Gasteiger charge is -2.10. The Bertz CT molecular complexity index is 1390. The number of nitrogens with zero attached hydrogens (tertiary/aromatic N) is 2. The molecule has 0 fully saturated rings. The Morgan fingerprint density at radius 2 is 1.92 bits per heavy atom. The number of amides is 1. The van der Waals surface area contributed by atoms with E-state index in [-0.39, 0.29) is 23.6 Å². The van der Waals surface area contributed by atoms with Gasteiger partial charge in [0.15, 0.2) is 0 Å². The molecule has 0 radical (unpaired) electrons. The van der Waals surface area contributed by atoms with Gasteiger partial charge < -0.3 is 9.30 Å². The van der Waals surface area contributed by atoms with E-state index in [1.165, 1.54) is 22.9 Å². The molecule has 0 aliphatic rings. The first-order valence-electron chi connectivity index (χ1n) is 10.4. The second-order valence-electron chi connectivity index (χ2n) is 8.20. The first-order valence-corrected chi connectivity index (χ1v) is 12.7. The molecule has 0 aliphatic carbocycles. The van der Waals surface area contributed by atoms with Crippen LogP contribution in [0, 0.1) is 18.7 Å². The van der Waals surface area contributed by atoms with E-state index in [4.69, 9.17) is 0 Å². The van der Waals surface area contributed by atoms with Crippen LogP contribution in [0.4, 0.5) is 22.4 Å². The fourth-order valence-electron chi connectivity index (χ4n) is 3.24. The summed E-state index contributed by atoms with van der Waals surface area (Å²) in [6.07, 6.45) is -3.91. The molecule has 1 N–H and O–H groups in total. The summed E-state index contributed by atoms with van der Waals surface area (Å²) in [4.78, 5) is 27.2. The lowest BCUT2D eigenvalue weighted by Crippen LogP contribution is -2.36. The number of thiophene rings is 1. The lowest BCUT2D eigenvalue weighted by molar-refractivity contribution is -0.192. The van der Waals surface area contributed by atoms with Crippen LogP contribution in [0.2, 0.25) is 0 Å². The number of benzene rings is 1. The van der Waals surface area contributed by atoms with Gasteiger partial charge in [-0.25, -0.2) is 32.1 Å². The molecule has 14 heteroatoms. The predicted octanol–water partition coefficient (Wildman–Crippen LogP) is 4.81. The molecule has 3 rings (SSSR count). The number of aryl methyl sites for hydroxylation is 1. The van der Waals surface area contributed by atoms with Crippen molar-refractivity contribution in [2.75, 3.05) is 0 Å². The van der Waals surface area contributed by atoms with Crippen molar-refractivity contribution in [2.45, 2.75) is 44.1 Å². The monoisotopic (exact) mass is 547 g/mol. The van der Waals surface area contributed by atoms with Gasteiger partial charge in [-0.05, 0) is 37.0 Å². The summed E-state index contributed by atoms with van der Waals surface area (Å²) in [7, 11) is -4.77. The highest BCUT2D eigenvalue weighted by molar-refractivity contribution is 7.92. The minimum Gasteiger partial charge on any atom is -0.369 e. The van der Waals surface area contributed by atoms with Crippen LogP contribution in [0.25, 0.3) is 11.1 Å². The van der Waals surface area contributed by atoms with Gasteiger partial charge in [-0.15, -0.1) is 11.3 Å². The van der Waals surface area contributed by atoms with Gasteiger partial charge in [-0.1, -0.05) is 26.0 Å². The van der Waals surface area contributed by atoms with Crippen LogP contribution >= 0.6 is 11.3 Å². The number of imidazole rings is 1. The summed E-state index contributed by atoms with van der Waals surface area (Å²) < 4.78 is 83.9. The van der Waals surface area contributed by atoms with Crippen molar-refractivity contribution in [3.8, 4) is 11.1 Å². The number of ether oxygens (including phenoxy) is 1. The zero-order chi connectivity index (χ0) is 26.8. The Morgan fingerprint density at radius 3 is 2.47 bits per heavy atom. The smallest absolute Gasteiger partial charge is 0.369 e. The zero-order valence-corrected chi connectivity index (χ0v) is 20.9. The molecular weight excluding hydrogens is 526 g/mol. The standard InChI is InChI=1S/C22H21F4N3O5S2/c1-12(2)8-16-10-17(14-4-5-15(18(23)9-14)11-29-7-6-27-13(29)3)19(35-16)36(32,33)28-21(31)34-20(30)22(24,25)26/h4-7,9-10,12H,8,11H2,1-3H3,(H,28,31). The summed E-state index contributed by atoms with van der Waals surface area (Å²) >= 11 is 0.772. The van der Waals surface area contributed by atoms with Crippen LogP contribution in [-0.2, 0) is 32.5 Å². The molecule has 3 aromatic rings. The van der Waals surface area contributed by atoms with Crippen LogP contribution in [0.5, 0.6) is 0 Å². The fourth-order valence-corrected chi connectivity index (χ4v) is 6.07. The maximum absolute atomic E-state index is 15.0. The van der Waals surface area contributed by atoms with E-state index in [1.807, 2.05) is 13.8 Å². The van der Waals surface area contributed by atoms with Crippen molar-refractivity contribution in [3.63, 3.8) is 0 Å². The van der Waals surface area contributed by atoms with Crippen molar-refractivity contribution >= 4 is 33.4 Å². The molecule has 0 atom stereocenters. The van der Waals surface area contributed by atoms with Gasteiger partial charge in [0.25, 0.3) is 10.0 Å². The van der Waals surface area contributed by atoms with Gasteiger partial charge in [0.1, 0.15) is 15.9 Å². The molecule has 0 unspecified atom stereocenters. The third kappa shape index (κ3) is 6.49. The summed E-state index contributed by atoms with van der Waals surface area (Å²) in [5.74, 6) is -2.70. The van der Waals surface area contributed by atoms with E-state index in [2.05, 4.69) is 9.72 Å². The number of halogens is 4. The molecular formula is C22H21F4N3O5S2. The first kappa shape index (κ1) is 27.3. The van der Waals surface area contributed by atoms with Gasteiger partial charge in [-0.2, -0.15) is 13.2 Å². The molecule has 36 heavy (non-hydrogen) atoms. The Balaban J connectivity index is 1.96. The molecule has 8 nitrogen and oxygen atoms in total. The van der Waals surface area contributed by atoms with Crippen LogP contribution in [0.3, 0.4) is 0 Å². The maximum atomic E-state index is 15.0. The largest absolute Gasteiger partial charge is 0.491 e. The molecule has 2 heterocycles. The fraction of sp³-hybridized carbons (Fsp3) is 0.318. The number of rotatable bonds is 7. The molecule has 1 amide bonds. The number of aromatic nitrogens is 2. The van der Waals surface area contributed by atoms with E-state index in [0.29, 0.717) is 22.7 Å². The molecule has 1 aromatic carbocycles. The number of carbonyl (C=O) groups excluding carboxylic acids is 2. The lowest BCUT2D eigenvalue weighted by atomic mass is 10.0. The number of carbonyl (C=O) groups is 2. The van der Waals surface area contributed by atoms with Gasteiger partial charge in [0, 0.05) is 28.4 Å². The highest BCUT2D eigenvalue weighted by Gasteiger charge is 2.43. The maximum Gasteiger partial charge on any atom is 0.491 e. The third-order valence-electron chi connectivity index (χ3n) is 4.87. The molecule has 0 spiro atoms. The van der Waals surface area contributed by atoms with Gasteiger partial charge in [-0.3, -0.25) is 0 Å². The normalized spacial score (nSPS) is 12.1.